The van der Waals surface area contributed by atoms with Gasteiger partial charge < -0.3 is 4.74 Å². The van der Waals surface area contributed by atoms with E-state index in [-0.39, 0.29) is 5.97 Å². The van der Waals surface area contributed by atoms with Crippen molar-refractivity contribution in [3.63, 3.8) is 0 Å². The lowest BCUT2D eigenvalue weighted by molar-refractivity contribution is -0.139. The maximum atomic E-state index is 11.1. The van der Waals surface area contributed by atoms with E-state index in [1.807, 2.05) is 6.07 Å². The molecule has 3 heteroatoms. The van der Waals surface area contributed by atoms with Gasteiger partial charge in [0, 0.05) is 4.47 Å². The van der Waals surface area contributed by atoms with E-state index in [0.29, 0.717) is 6.42 Å². The number of esters is 1. The van der Waals surface area contributed by atoms with E-state index in [0.717, 1.165) is 16.5 Å². The van der Waals surface area contributed by atoms with Gasteiger partial charge in [-0.25, -0.2) is 0 Å². The summed E-state index contributed by atoms with van der Waals surface area (Å²) in [6.45, 7) is 0. The van der Waals surface area contributed by atoms with Gasteiger partial charge in [-0.15, -0.1) is 0 Å². The number of hydrogen-bond acceptors (Lipinski definition) is 2. The van der Waals surface area contributed by atoms with Gasteiger partial charge in [-0.1, -0.05) is 33.6 Å². The first kappa shape index (κ1) is 10.4. The minimum Gasteiger partial charge on any atom is -0.469 e. The van der Waals surface area contributed by atoms with Gasteiger partial charge in [-0.05, 0) is 29.7 Å². The van der Waals surface area contributed by atoms with Crippen LogP contribution in [0.4, 0.5) is 0 Å². The molecular weight excluding hydrogens is 256 g/mol. The molecule has 0 aromatic heterocycles. The van der Waals surface area contributed by atoms with Crippen LogP contribution < -0.4 is 0 Å². The smallest absolute Gasteiger partial charge is 0.309 e. The average Bonchev–Trinajstić information content (AvgIpc) is 2.59. The molecule has 0 aliphatic heterocycles. The zero-order valence-electron chi connectivity index (χ0n) is 8.42. The van der Waals surface area contributed by atoms with Gasteiger partial charge in [0.2, 0.25) is 0 Å². The topological polar surface area (TPSA) is 26.3 Å². The zero-order chi connectivity index (χ0) is 10.8. The summed E-state index contributed by atoms with van der Waals surface area (Å²) < 4.78 is 5.71. The first-order valence-corrected chi connectivity index (χ1v) is 5.53. The standard InChI is InChI=1S/C12H11BrO2/c1-15-12(14)6-8-4-9-2-3-11(13)7-10(9)5-8/h2-3,5,7H,4,6H2,1H3. The summed E-state index contributed by atoms with van der Waals surface area (Å²) >= 11 is 3.43. The Bertz CT molecular complexity index is 435. The van der Waals surface area contributed by atoms with Crippen molar-refractivity contribution in [1.82, 2.24) is 0 Å². The molecule has 78 valence electrons. The van der Waals surface area contributed by atoms with Crippen molar-refractivity contribution >= 4 is 28.0 Å². The Balaban J connectivity index is 2.17. The third kappa shape index (κ3) is 2.29. The van der Waals surface area contributed by atoms with Crippen molar-refractivity contribution in [2.24, 2.45) is 0 Å². The lowest BCUT2D eigenvalue weighted by Gasteiger charge is -2.00. The molecule has 0 radical (unpaired) electrons. The Hall–Kier alpha value is -1.09. The summed E-state index contributed by atoms with van der Waals surface area (Å²) in [7, 11) is 1.42. The number of carbonyl (C=O) groups is 1. The quantitative estimate of drug-likeness (QED) is 0.770. The molecule has 2 nitrogen and oxygen atoms in total. The Labute approximate surface area is 97.1 Å². The minimum atomic E-state index is -0.173. The fraction of sp³-hybridized carbons (Fsp3) is 0.250. The molecule has 0 atom stereocenters. The van der Waals surface area contributed by atoms with E-state index in [4.69, 9.17) is 0 Å². The van der Waals surface area contributed by atoms with Gasteiger partial charge in [0.1, 0.15) is 0 Å². The van der Waals surface area contributed by atoms with Crippen LogP contribution in [0.25, 0.3) is 6.08 Å². The highest BCUT2D eigenvalue weighted by Gasteiger charge is 2.15. The second kappa shape index (κ2) is 4.19. The van der Waals surface area contributed by atoms with Crippen LogP contribution in [0.5, 0.6) is 0 Å². The van der Waals surface area contributed by atoms with E-state index in [1.165, 1.54) is 18.2 Å². The van der Waals surface area contributed by atoms with Crippen molar-refractivity contribution in [3.8, 4) is 0 Å². The predicted molar refractivity (Wildman–Crippen MR) is 62.5 cm³/mol. The number of rotatable bonds is 2. The molecule has 0 N–H and O–H groups in total. The summed E-state index contributed by atoms with van der Waals surface area (Å²) in [4.78, 5) is 11.1. The average molecular weight is 267 g/mol. The molecule has 0 fully saturated rings. The van der Waals surface area contributed by atoms with E-state index >= 15 is 0 Å². The summed E-state index contributed by atoms with van der Waals surface area (Å²) in [5.74, 6) is -0.173. The van der Waals surface area contributed by atoms with Crippen LogP contribution >= 0.6 is 15.9 Å². The molecule has 1 aromatic carbocycles. The fourth-order valence-corrected chi connectivity index (χ4v) is 2.13. The van der Waals surface area contributed by atoms with Gasteiger partial charge in [-0.3, -0.25) is 4.79 Å². The summed E-state index contributed by atoms with van der Waals surface area (Å²) in [6.07, 6.45) is 3.32. The van der Waals surface area contributed by atoms with Crippen LogP contribution in [-0.4, -0.2) is 13.1 Å². The number of halogens is 1. The molecule has 0 spiro atoms. The van der Waals surface area contributed by atoms with Crippen molar-refractivity contribution in [2.75, 3.05) is 7.11 Å². The number of ether oxygens (including phenoxy) is 1. The third-order valence-electron chi connectivity index (χ3n) is 2.48. The molecule has 0 unspecified atom stereocenters. The van der Waals surface area contributed by atoms with Crippen molar-refractivity contribution in [1.29, 1.82) is 0 Å². The maximum absolute atomic E-state index is 11.1. The lowest BCUT2D eigenvalue weighted by atomic mass is 10.1. The van der Waals surface area contributed by atoms with Gasteiger partial charge in [0.15, 0.2) is 0 Å². The summed E-state index contributed by atoms with van der Waals surface area (Å²) in [5.41, 5.74) is 3.59. The second-order valence-corrected chi connectivity index (χ2v) is 4.49. The van der Waals surface area contributed by atoms with Crippen LogP contribution in [0.3, 0.4) is 0 Å². The third-order valence-corrected chi connectivity index (χ3v) is 2.98. The van der Waals surface area contributed by atoms with E-state index in [9.17, 15) is 4.79 Å². The molecule has 0 heterocycles. The molecule has 15 heavy (non-hydrogen) atoms. The van der Waals surface area contributed by atoms with Crippen LogP contribution in [0.1, 0.15) is 17.5 Å². The molecule has 0 saturated heterocycles. The predicted octanol–water partition coefficient (Wildman–Crippen LogP) is 2.95. The zero-order valence-corrected chi connectivity index (χ0v) is 10.0. The van der Waals surface area contributed by atoms with Crippen LogP contribution in [-0.2, 0) is 16.0 Å². The minimum absolute atomic E-state index is 0.173. The van der Waals surface area contributed by atoms with Crippen LogP contribution in [0.2, 0.25) is 0 Å². The number of hydrogen-bond donors (Lipinski definition) is 0. The fourth-order valence-electron chi connectivity index (χ4n) is 1.75. The lowest BCUT2D eigenvalue weighted by Crippen LogP contribution is -2.01. The van der Waals surface area contributed by atoms with Crippen molar-refractivity contribution in [2.45, 2.75) is 12.8 Å². The Morgan fingerprint density at radius 3 is 3.07 bits per heavy atom. The normalized spacial score (nSPS) is 13.3. The molecule has 1 aromatic rings. The van der Waals surface area contributed by atoms with Gasteiger partial charge in [-0.2, -0.15) is 0 Å². The Kier molecular flexibility index (Phi) is 2.91. The first-order chi connectivity index (χ1) is 7.19. The van der Waals surface area contributed by atoms with E-state index in [1.54, 1.807) is 0 Å². The highest BCUT2D eigenvalue weighted by Crippen LogP contribution is 2.29. The molecule has 1 aliphatic rings. The Morgan fingerprint density at radius 1 is 1.53 bits per heavy atom. The molecule has 0 amide bonds. The van der Waals surface area contributed by atoms with E-state index in [2.05, 4.69) is 38.9 Å². The largest absolute Gasteiger partial charge is 0.469 e. The summed E-state index contributed by atoms with van der Waals surface area (Å²) in [6, 6.07) is 6.17. The van der Waals surface area contributed by atoms with Gasteiger partial charge in [0.25, 0.3) is 0 Å². The van der Waals surface area contributed by atoms with Crippen molar-refractivity contribution in [3.05, 3.63) is 39.4 Å². The molecule has 1 aliphatic carbocycles. The molecule has 0 saturated carbocycles. The highest BCUT2D eigenvalue weighted by molar-refractivity contribution is 9.10. The Morgan fingerprint density at radius 2 is 2.33 bits per heavy atom. The summed E-state index contributed by atoms with van der Waals surface area (Å²) in [5, 5.41) is 0. The first-order valence-electron chi connectivity index (χ1n) is 4.74. The van der Waals surface area contributed by atoms with E-state index < -0.39 is 0 Å². The highest BCUT2D eigenvalue weighted by atomic mass is 79.9. The van der Waals surface area contributed by atoms with Crippen molar-refractivity contribution < 1.29 is 9.53 Å². The molecular formula is C12H11BrO2. The molecule has 2 rings (SSSR count). The number of carbonyl (C=O) groups excluding carboxylic acids is 1. The number of fused-ring (bicyclic) bond motifs is 1. The van der Waals surface area contributed by atoms with Gasteiger partial charge >= 0.3 is 5.97 Å². The maximum Gasteiger partial charge on any atom is 0.309 e. The molecule has 0 bridgehead atoms. The number of benzene rings is 1. The van der Waals surface area contributed by atoms with Crippen LogP contribution in [0, 0.1) is 0 Å². The SMILES string of the molecule is COC(=O)CC1=Cc2cc(Br)ccc2C1. The van der Waals surface area contributed by atoms with Crippen LogP contribution in [0.15, 0.2) is 28.2 Å². The number of methoxy groups -OCH3 is 1. The second-order valence-electron chi connectivity index (χ2n) is 3.58. The van der Waals surface area contributed by atoms with Gasteiger partial charge in [0.05, 0.1) is 13.5 Å². The monoisotopic (exact) mass is 266 g/mol.